The maximum absolute atomic E-state index is 12.9. The summed E-state index contributed by atoms with van der Waals surface area (Å²) in [5.41, 5.74) is 0. The van der Waals surface area contributed by atoms with Gasteiger partial charge in [-0.1, -0.05) is 0 Å². The second kappa shape index (κ2) is 5.32. The van der Waals surface area contributed by atoms with Crippen molar-refractivity contribution in [2.75, 3.05) is 5.75 Å². The van der Waals surface area contributed by atoms with Crippen molar-refractivity contribution in [3.8, 4) is 0 Å². The molecule has 0 radical (unpaired) electrons. The minimum Gasteiger partial charge on any atom is -0.207 e. The van der Waals surface area contributed by atoms with Gasteiger partial charge in [0.1, 0.15) is 17.4 Å². The third-order valence-electron chi connectivity index (χ3n) is 2.48. The molecule has 0 saturated heterocycles. The van der Waals surface area contributed by atoms with Crippen LogP contribution < -0.4 is 0 Å². The van der Waals surface area contributed by atoms with Gasteiger partial charge in [-0.25, -0.2) is 8.78 Å². The summed E-state index contributed by atoms with van der Waals surface area (Å²) >= 11 is 0. The summed E-state index contributed by atoms with van der Waals surface area (Å²) in [5, 5.41) is 0. The quantitative estimate of drug-likeness (QED) is 0.723. The van der Waals surface area contributed by atoms with Crippen LogP contribution in [0.4, 0.5) is 8.78 Å². The molecule has 0 aromatic heterocycles. The Hall–Kier alpha value is -1.35. The minimum atomic E-state index is -0.229. The van der Waals surface area contributed by atoms with E-state index in [9.17, 15) is 8.78 Å². The molecule has 3 heteroatoms. The Bertz CT molecular complexity index is 431. The van der Waals surface area contributed by atoms with Crippen molar-refractivity contribution in [1.82, 2.24) is 0 Å². The lowest BCUT2D eigenvalue weighted by Crippen LogP contribution is -2.06. The van der Waals surface area contributed by atoms with Gasteiger partial charge in [-0.05, 0) is 55.5 Å². The van der Waals surface area contributed by atoms with Gasteiger partial charge in [0.15, 0.2) is 9.79 Å². The van der Waals surface area contributed by atoms with E-state index in [0.717, 1.165) is 15.5 Å². The summed E-state index contributed by atoms with van der Waals surface area (Å²) in [6, 6.07) is 13.1. The highest BCUT2D eigenvalue weighted by Gasteiger charge is 2.22. The Labute approximate surface area is 103 Å². The number of hydrogen-bond donors (Lipinski definition) is 0. The van der Waals surface area contributed by atoms with Crippen molar-refractivity contribution in [2.24, 2.45) is 0 Å². The predicted octanol–water partition coefficient (Wildman–Crippen LogP) is 4.02. The highest BCUT2D eigenvalue weighted by molar-refractivity contribution is 7.97. The van der Waals surface area contributed by atoms with E-state index in [1.165, 1.54) is 24.3 Å². The molecular weight excluding hydrogens is 238 g/mol. The first-order valence-corrected chi connectivity index (χ1v) is 6.82. The molecule has 0 N–H and O–H groups in total. The summed E-state index contributed by atoms with van der Waals surface area (Å²) in [5.74, 6) is 0.470. The Balaban J connectivity index is 2.33. The molecule has 0 spiro atoms. The first-order valence-electron chi connectivity index (χ1n) is 5.42. The van der Waals surface area contributed by atoms with Gasteiger partial charge in [0.25, 0.3) is 0 Å². The van der Waals surface area contributed by atoms with E-state index in [-0.39, 0.29) is 22.5 Å². The van der Waals surface area contributed by atoms with Gasteiger partial charge in [0.2, 0.25) is 0 Å². The van der Waals surface area contributed by atoms with E-state index < -0.39 is 0 Å². The Morgan fingerprint density at radius 2 is 1.12 bits per heavy atom. The van der Waals surface area contributed by atoms with Crippen LogP contribution in [0.25, 0.3) is 0 Å². The van der Waals surface area contributed by atoms with Crippen LogP contribution in [0.15, 0.2) is 58.3 Å². The fourth-order valence-corrected chi connectivity index (χ4v) is 3.54. The standard InChI is InChI=1S/C14H13F2S/c1-2-17(13-7-3-11(15)4-8-13)14-9-5-12(16)6-10-14/h3-10H,2H2,1H3/q+1. The molecule has 2 aromatic rings. The van der Waals surface area contributed by atoms with Gasteiger partial charge in [0.05, 0.1) is 10.9 Å². The highest BCUT2D eigenvalue weighted by Crippen LogP contribution is 2.23. The molecule has 0 amide bonds. The molecule has 0 nitrogen and oxygen atoms in total. The molecule has 0 atom stereocenters. The van der Waals surface area contributed by atoms with Crippen LogP contribution in [0.1, 0.15) is 6.92 Å². The molecular formula is C14H13F2S+. The maximum Gasteiger partial charge on any atom is 0.160 e. The lowest BCUT2D eigenvalue weighted by atomic mass is 10.3. The molecule has 0 aliphatic rings. The molecule has 0 saturated carbocycles. The summed E-state index contributed by atoms with van der Waals surface area (Å²) < 4.78 is 25.7. The molecule has 0 aliphatic heterocycles. The molecule has 88 valence electrons. The van der Waals surface area contributed by atoms with E-state index in [4.69, 9.17) is 0 Å². The second-order valence-electron chi connectivity index (χ2n) is 3.59. The van der Waals surface area contributed by atoms with E-state index in [1.807, 2.05) is 0 Å². The third-order valence-corrected chi connectivity index (χ3v) is 4.74. The van der Waals surface area contributed by atoms with Crippen molar-refractivity contribution >= 4 is 10.9 Å². The predicted molar refractivity (Wildman–Crippen MR) is 67.2 cm³/mol. The molecule has 2 rings (SSSR count). The summed E-state index contributed by atoms with van der Waals surface area (Å²) in [4.78, 5) is 2.17. The molecule has 2 aromatic carbocycles. The van der Waals surface area contributed by atoms with Crippen LogP contribution >= 0.6 is 0 Å². The Kier molecular flexibility index (Phi) is 3.79. The number of hydrogen-bond acceptors (Lipinski definition) is 0. The number of halogens is 2. The Morgan fingerprint density at radius 3 is 1.41 bits per heavy atom. The molecule has 0 unspecified atom stereocenters. The van der Waals surface area contributed by atoms with Gasteiger partial charge in [-0.2, -0.15) is 0 Å². The molecule has 0 heterocycles. The van der Waals surface area contributed by atoms with E-state index in [2.05, 4.69) is 6.92 Å². The van der Waals surface area contributed by atoms with E-state index in [1.54, 1.807) is 24.3 Å². The van der Waals surface area contributed by atoms with Crippen molar-refractivity contribution in [1.29, 1.82) is 0 Å². The van der Waals surface area contributed by atoms with Crippen LogP contribution in [0.2, 0.25) is 0 Å². The van der Waals surface area contributed by atoms with Crippen LogP contribution in [-0.2, 0) is 10.9 Å². The van der Waals surface area contributed by atoms with Crippen molar-refractivity contribution in [3.05, 3.63) is 60.2 Å². The van der Waals surface area contributed by atoms with Gasteiger partial charge < -0.3 is 0 Å². The summed E-state index contributed by atoms with van der Waals surface area (Å²) in [7, 11) is -0.108. The van der Waals surface area contributed by atoms with Crippen LogP contribution in [0.5, 0.6) is 0 Å². The SMILES string of the molecule is CC[S+](c1ccc(F)cc1)c1ccc(F)cc1. The van der Waals surface area contributed by atoms with Crippen molar-refractivity contribution in [2.45, 2.75) is 16.7 Å². The fourth-order valence-electron chi connectivity index (χ4n) is 1.67. The maximum atomic E-state index is 12.9. The van der Waals surface area contributed by atoms with Gasteiger partial charge >= 0.3 is 0 Å². The average Bonchev–Trinajstić information content (AvgIpc) is 2.35. The summed E-state index contributed by atoms with van der Waals surface area (Å²) in [6.07, 6.45) is 0. The minimum absolute atomic E-state index is 0.108. The molecule has 0 fully saturated rings. The molecule has 17 heavy (non-hydrogen) atoms. The van der Waals surface area contributed by atoms with Gasteiger partial charge in [-0.3, -0.25) is 0 Å². The summed E-state index contributed by atoms with van der Waals surface area (Å²) in [6.45, 7) is 2.08. The Morgan fingerprint density at radius 1 is 0.765 bits per heavy atom. The topological polar surface area (TPSA) is 0 Å². The van der Waals surface area contributed by atoms with E-state index >= 15 is 0 Å². The monoisotopic (exact) mass is 251 g/mol. The lowest BCUT2D eigenvalue weighted by Gasteiger charge is -2.05. The van der Waals surface area contributed by atoms with Crippen LogP contribution in [0, 0.1) is 11.6 Å². The second-order valence-corrected chi connectivity index (χ2v) is 5.89. The first kappa shape index (κ1) is 12.1. The van der Waals surface area contributed by atoms with Gasteiger partial charge in [-0.15, -0.1) is 0 Å². The van der Waals surface area contributed by atoms with Crippen LogP contribution in [0.3, 0.4) is 0 Å². The molecule has 0 aliphatic carbocycles. The zero-order valence-corrected chi connectivity index (χ0v) is 10.3. The van der Waals surface area contributed by atoms with Crippen LogP contribution in [-0.4, -0.2) is 5.75 Å². The van der Waals surface area contributed by atoms with Crippen molar-refractivity contribution in [3.63, 3.8) is 0 Å². The van der Waals surface area contributed by atoms with E-state index in [0.29, 0.717) is 0 Å². The molecule has 0 bridgehead atoms. The normalized spacial score (nSPS) is 10.8. The smallest absolute Gasteiger partial charge is 0.160 e. The van der Waals surface area contributed by atoms with Crippen molar-refractivity contribution < 1.29 is 8.78 Å². The van der Waals surface area contributed by atoms with Gasteiger partial charge in [0, 0.05) is 0 Å². The zero-order chi connectivity index (χ0) is 12.3. The zero-order valence-electron chi connectivity index (χ0n) is 9.49. The largest absolute Gasteiger partial charge is 0.207 e. The average molecular weight is 251 g/mol. The third kappa shape index (κ3) is 2.86. The number of rotatable bonds is 3. The highest BCUT2D eigenvalue weighted by atomic mass is 32.2. The fraction of sp³-hybridized carbons (Fsp3) is 0.143. The first-order chi connectivity index (χ1) is 8.20. The number of benzene rings is 2. The lowest BCUT2D eigenvalue weighted by molar-refractivity contribution is 0.626.